The van der Waals surface area contributed by atoms with Crippen molar-refractivity contribution in [1.82, 2.24) is 19.8 Å². The van der Waals surface area contributed by atoms with Gasteiger partial charge in [0, 0.05) is 43.5 Å². The van der Waals surface area contributed by atoms with Crippen LogP contribution in [0.4, 0.5) is 0 Å². The van der Waals surface area contributed by atoms with Crippen molar-refractivity contribution >= 4 is 28.5 Å². The number of nitrogens with one attached hydrogen (secondary N) is 1. The number of benzene rings is 1. The Morgan fingerprint density at radius 2 is 2.00 bits per heavy atom. The first-order valence-electron chi connectivity index (χ1n) is 9.57. The molecule has 1 aliphatic heterocycles. The van der Waals surface area contributed by atoms with Crippen LogP contribution in [0.1, 0.15) is 33.3 Å². The van der Waals surface area contributed by atoms with Gasteiger partial charge in [-0.25, -0.2) is 0 Å². The summed E-state index contributed by atoms with van der Waals surface area (Å²) in [5, 5.41) is 9.76. The van der Waals surface area contributed by atoms with Gasteiger partial charge in [-0.1, -0.05) is 18.2 Å². The number of H-pyrrole nitrogens is 1. The van der Waals surface area contributed by atoms with E-state index in [1.54, 1.807) is 47.5 Å². The molecule has 1 aliphatic rings. The van der Waals surface area contributed by atoms with Crippen molar-refractivity contribution in [3.8, 4) is 6.07 Å². The van der Waals surface area contributed by atoms with Crippen LogP contribution in [0, 0.1) is 11.3 Å². The highest BCUT2D eigenvalue weighted by Gasteiger charge is 2.34. The zero-order valence-corrected chi connectivity index (χ0v) is 16.3. The summed E-state index contributed by atoms with van der Waals surface area (Å²) in [6.07, 6.45) is 3.03. The van der Waals surface area contributed by atoms with E-state index in [9.17, 15) is 19.6 Å². The van der Waals surface area contributed by atoms with Gasteiger partial charge in [-0.3, -0.25) is 19.4 Å². The fourth-order valence-corrected chi connectivity index (χ4v) is 3.78. The van der Waals surface area contributed by atoms with E-state index in [2.05, 4.69) is 16.0 Å². The number of aromatic amines is 1. The molecule has 2 aromatic heterocycles. The van der Waals surface area contributed by atoms with Gasteiger partial charge in [0.1, 0.15) is 11.8 Å². The smallest absolute Gasteiger partial charge is 0.295 e. The van der Waals surface area contributed by atoms with Crippen molar-refractivity contribution in [2.75, 3.05) is 19.6 Å². The van der Waals surface area contributed by atoms with Crippen molar-refractivity contribution in [1.29, 1.82) is 5.26 Å². The predicted octanol–water partition coefficient (Wildman–Crippen LogP) is 1.99. The number of Topliss-reactive ketones (excluding diaryl/α,β-unsaturated/α-hetero) is 1. The lowest BCUT2D eigenvalue weighted by Crippen LogP contribution is -2.56. The number of hydrogen-bond donors (Lipinski definition) is 1. The number of amides is 2. The van der Waals surface area contributed by atoms with Crippen LogP contribution < -0.4 is 0 Å². The number of hydrogen-bond acceptors (Lipinski definition) is 5. The van der Waals surface area contributed by atoms with Crippen LogP contribution in [0.5, 0.6) is 0 Å². The molecule has 150 valence electrons. The van der Waals surface area contributed by atoms with E-state index < -0.39 is 11.7 Å². The highest BCUT2D eigenvalue weighted by Crippen LogP contribution is 2.23. The molecule has 0 saturated carbocycles. The minimum Gasteiger partial charge on any atom is -0.359 e. The van der Waals surface area contributed by atoms with Gasteiger partial charge in [0.2, 0.25) is 0 Å². The van der Waals surface area contributed by atoms with E-state index >= 15 is 0 Å². The van der Waals surface area contributed by atoms with E-state index in [4.69, 9.17) is 0 Å². The van der Waals surface area contributed by atoms with Crippen molar-refractivity contribution < 1.29 is 14.4 Å². The lowest BCUT2D eigenvalue weighted by molar-refractivity contribution is -0.130. The fourth-order valence-electron chi connectivity index (χ4n) is 3.78. The average molecular weight is 401 g/mol. The Labute approximate surface area is 172 Å². The van der Waals surface area contributed by atoms with Gasteiger partial charge in [0.05, 0.1) is 16.6 Å². The van der Waals surface area contributed by atoms with Gasteiger partial charge >= 0.3 is 0 Å². The summed E-state index contributed by atoms with van der Waals surface area (Å²) in [5.74, 6) is -1.44. The molecule has 1 N–H and O–H groups in total. The highest BCUT2D eigenvalue weighted by atomic mass is 16.2. The molecule has 1 saturated heterocycles. The minimum atomic E-state index is -0.632. The van der Waals surface area contributed by atoms with Gasteiger partial charge < -0.3 is 14.8 Å². The topological polar surface area (TPSA) is 110 Å². The van der Waals surface area contributed by atoms with Crippen LogP contribution in [0.2, 0.25) is 0 Å². The van der Waals surface area contributed by atoms with Crippen molar-refractivity contribution in [2.45, 2.75) is 13.0 Å². The molecule has 0 radical (unpaired) electrons. The standard InChI is InChI=1S/C22H19N5O3/c1-14-13-26(21(29)18-7-2-3-8-24-18)9-10-27(14)22(30)20(28)17-12-25-19-15(11-23)5-4-6-16(17)19/h2-8,12,14,25H,9-10,13H2,1H3/t14-/m1/s1. The molecule has 2 amide bonds. The quantitative estimate of drug-likeness (QED) is 0.533. The zero-order chi connectivity index (χ0) is 21.3. The summed E-state index contributed by atoms with van der Waals surface area (Å²) in [6.45, 7) is 2.72. The SMILES string of the molecule is C[C@@H]1CN(C(=O)c2ccccn2)CCN1C(=O)C(=O)c1c[nH]c2c(C#N)cccc12. The molecule has 4 rings (SSSR count). The molecule has 3 aromatic rings. The summed E-state index contributed by atoms with van der Waals surface area (Å²) in [5.41, 5.74) is 1.54. The number of rotatable bonds is 3. The number of para-hydroxylation sites is 1. The number of ketones is 1. The van der Waals surface area contributed by atoms with E-state index in [1.807, 2.05) is 6.92 Å². The molecule has 0 bridgehead atoms. The third kappa shape index (κ3) is 3.31. The summed E-state index contributed by atoms with van der Waals surface area (Å²) in [4.78, 5) is 48.6. The summed E-state index contributed by atoms with van der Waals surface area (Å²) >= 11 is 0. The van der Waals surface area contributed by atoms with Gasteiger partial charge in [-0.2, -0.15) is 5.26 Å². The lowest BCUT2D eigenvalue weighted by Gasteiger charge is -2.39. The maximum absolute atomic E-state index is 12.9. The Morgan fingerprint density at radius 3 is 2.70 bits per heavy atom. The van der Waals surface area contributed by atoms with E-state index in [1.165, 1.54) is 11.1 Å². The van der Waals surface area contributed by atoms with Crippen LogP contribution in [-0.2, 0) is 4.79 Å². The molecular weight excluding hydrogens is 382 g/mol. The molecule has 3 heterocycles. The number of carbonyl (C=O) groups is 3. The summed E-state index contributed by atoms with van der Waals surface area (Å²) in [7, 11) is 0. The van der Waals surface area contributed by atoms with Crippen molar-refractivity contribution in [2.24, 2.45) is 0 Å². The van der Waals surface area contributed by atoms with E-state index in [0.29, 0.717) is 35.2 Å². The maximum Gasteiger partial charge on any atom is 0.295 e. The first-order chi connectivity index (χ1) is 14.5. The molecule has 0 spiro atoms. The van der Waals surface area contributed by atoms with Gasteiger partial charge in [-0.15, -0.1) is 0 Å². The van der Waals surface area contributed by atoms with Crippen LogP contribution >= 0.6 is 0 Å². The van der Waals surface area contributed by atoms with Crippen LogP contribution in [-0.4, -0.2) is 63.0 Å². The third-order valence-electron chi connectivity index (χ3n) is 5.33. The Hall–Kier alpha value is -3.99. The Balaban J connectivity index is 1.50. The molecule has 30 heavy (non-hydrogen) atoms. The second kappa shape index (κ2) is 7.79. The Morgan fingerprint density at radius 1 is 1.17 bits per heavy atom. The highest BCUT2D eigenvalue weighted by molar-refractivity contribution is 6.45. The molecule has 1 aromatic carbocycles. The van der Waals surface area contributed by atoms with Crippen molar-refractivity contribution in [3.63, 3.8) is 0 Å². The predicted molar refractivity (Wildman–Crippen MR) is 109 cm³/mol. The number of nitriles is 1. The number of pyridine rings is 1. The zero-order valence-electron chi connectivity index (χ0n) is 16.3. The Bertz CT molecular complexity index is 1180. The third-order valence-corrected chi connectivity index (χ3v) is 5.33. The normalized spacial score (nSPS) is 16.3. The molecule has 1 atom stereocenters. The molecule has 1 fully saturated rings. The van der Waals surface area contributed by atoms with E-state index in [-0.39, 0.29) is 24.1 Å². The lowest BCUT2D eigenvalue weighted by atomic mass is 10.0. The molecule has 8 nitrogen and oxygen atoms in total. The monoisotopic (exact) mass is 401 g/mol. The van der Waals surface area contributed by atoms with Gasteiger partial charge in [0.15, 0.2) is 0 Å². The van der Waals surface area contributed by atoms with Gasteiger partial charge in [0.25, 0.3) is 17.6 Å². The number of aromatic nitrogens is 2. The number of piperazine rings is 1. The number of fused-ring (bicyclic) bond motifs is 1. The second-order valence-electron chi connectivity index (χ2n) is 7.19. The first-order valence-corrected chi connectivity index (χ1v) is 9.57. The maximum atomic E-state index is 12.9. The van der Waals surface area contributed by atoms with E-state index in [0.717, 1.165) is 0 Å². The minimum absolute atomic E-state index is 0.193. The average Bonchev–Trinajstić information content (AvgIpc) is 3.22. The summed E-state index contributed by atoms with van der Waals surface area (Å²) < 4.78 is 0. The molecule has 0 aliphatic carbocycles. The largest absolute Gasteiger partial charge is 0.359 e. The second-order valence-corrected chi connectivity index (χ2v) is 7.19. The van der Waals surface area contributed by atoms with Crippen LogP contribution in [0.3, 0.4) is 0 Å². The first kappa shape index (κ1) is 19.3. The number of nitrogens with zero attached hydrogens (tertiary/aromatic N) is 4. The Kier molecular flexibility index (Phi) is 5.02. The molecule has 0 unspecified atom stereocenters. The molecular formula is C22H19N5O3. The van der Waals surface area contributed by atoms with Crippen LogP contribution in [0.25, 0.3) is 10.9 Å². The van der Waals surface area contributed by atoms with Crippen LogP contribution in [0.15, 0.2) is 48.8 Å². The summed E-state index contributed by atoms with van der Waals surface area (Å²) in [6, 6.07) is 11.9. The fraction of sp³-hybridized carbons (Fsp3) is 0.227. The van der Waals surface area contributed by atoms with Gasteiger partial charge in [-0.05, 0) is 25.1 Å². The van der Waals surface area contributed by atoms with Crippen molar-refractivity contribution in [3.05, 3.63) is 65.6 Å². The number of carbonyl (C=O) groups excluding carboxylic acids is 3. The molecule has 8 heteroatoms.